The summed E-state index contributed by atoms with van der Waals surface area (Å²) in [6.07, 6.45) is 0. The second-order valence-corrected chi connectivity index (χ2v) is 18.8. The highest BCUT2D eigenvalue weighted by molar-refractivity contribution is 6.14. The summed E-state index contributed by atoms with van der Waals surface area (Å²) in [7, 11) is 0. The Kier molecular flexibility index (Phi) is 10.1. The molecule has 2 heterocycles. The topological polar surface area (TPSA) is 51.8 Å². The van der Waals surface area contributed by atoms with Crippen LogP contribution in [0.15, 0.2) is 265 Å². The largest absolute Gasteiger partial charge is 0.456 e. The maximum atomic E-state index is 6.60. The number of fused-ring (bicyclic) bond motifs is 6. The molecule has 0 fully saturated rings. The van der Waals surface area contributed by atoms with E-state index in [1.54, 1.807) is 0 Å². The van der Waals surface area contributed by atoms with Gasteiger partial charge in [0.25, 0.3) is 0 Å². The highest BCUT2D eigenvalue weighted by Gasteiger charge is 2.18. The molecule has 4 heteroatoms. The van der Waals surface area contributed by atoms with E-state index in [1.807, 2.05) is 0 Å². The highest BCUT2D eigenvalue weighted by atomic mass is 16.3. The molecule has 0 unspecified atom stereocenters. The van der Waals surface area contributed by atoms with E-state index in [4.69, 9.17) is 19.4 Å². The Hall–Kier alpha value is -9.77. The Morgan fingerprint density at radius 2 is 0.699 bits per heavy atom. The summed E-state index contributed by atoms with van der Waals surface area (Å²) in [4.78, 5) is 15.6. The van der Waals surface area contributed by atoms with Gasteiger partial charge in [-0.25, -0.2) is 15.0 Å². The third kappa shape index (κ3) is 7.79. The molecule has 0 aliphatic rings. The van der Waals surface area contributed by atoms with E-state index in [0.29, 0.717) is 17.5 Å². The molecule has 0 bridgehead atoms. The van der Waals surface area contributed by atoms with Crippen molar-refractivity contribution in [1.29, 1.82) is 0 Å². The minimum Gasteiger partial charge on any atom is -0.456 e. The molecule has 0 atom stereocenters. The third-order valence-electron chi connectivity index (χ3n) is 14.3. The SMILES string of the molecule is c1ccc(-c2cc(-c3ccccc3)cc(-c3ccc4oc5cccc(-c6ccc7ccc(-c8nc(-c9ccc(-c%10cccc%11ccccc%10%11)cc9)nc(-c9ccc%10ccccc%10c9)n8)cc7c6)c5c4c3)c2)cc1. The molecule has 0 aliphatic carbocycles. The van der Waals surface area contributed by atoms with Crippen LogP contribution in [0.3, 0.4) is 0 Å². The first-order valence-corrected chi connectivity index (χ1v) is 24.7. The Labute approximate surface area is 422 Å². The first kappa shape index (κ1) is 42.1. The van der Waals surface area contributed by atoms with E-state index >= 15 is 0 Å². The zero-order valence-electron chi connectivity index (χ0n) is 39.6. The van der Waals surface area contributed by atoms with Crippen LogP contribution < -0.4 is 0 Å². The van der Waals surface area contributed by atoms with E-state index in [-0.39, 0.29) is 0 Å². The fourth-order valence-corrected chi connectivity index (χ4v) is 10.6. The van der Waals surface area contributed by atoms with Gasteiger partial charge < -0.3 is 4.42 Å². The summed E-state index contributed by atoms with van der Waals surface area (Å²) in [6.45, 7) is 0. The number of furan rings is 1. The van der Waals surface area contributed by atoms with Gasteiger partial charge in [0.1, 0.15) is 11.2 Å². The molecule has 0 spiro atoms. The Bertz CT molecular complexity index is 4360. The summed E-state index contributed by atoms with van der Waals surface area (Å²) in [5, 5.41) is 9.11. The molecule has 73 heavy (non-hydrogen) atoms. The van der Waals surface area contributed by atoms with Crippen molar-refractivity contribution in [3.05, 3.63) is 261 Å². The molecule has 4 nitrogen and oxygen atoms in total. The Morgan fingerprint density at radius 3 is 1.40 bits per heavy atom. The van der Waals surface area contributed by atoms with Gasteiger partial charge >= 0.3 is 0 Å². The molecular formula is C69H43N3O. The molecule has 14 rings (SSSR count). The zero-order valence-corrected chi connectivity index (χ0v) is 39.6. The summed E-state index contributed by atoms with van der Waals surface area (Å²) in [5.41, 5.74) is 16.0. The molecule has 0 saturated heterocycles. The van der Waals surface area contributed by atoms with Gasteiger partial charge in [-0.2, -0.15) is 0 Å². The minimum atomic E-state index is 0.612. The molecule has 0 aliphatic heterocycles. The predicted octanol–water partition coefficient (Wildman–Crippen LogP) is 18.6. The van der Waals surface area contributed by atoms with Crippen molar-refractivity contribution < 1.29 is 4.42 Å². The van der Waals surface area contributed by atoms with Crippen molar-refractivity contribution in [2.45, 2.75) is 0 Å². The maximum Gasteiger partial charge on any atom is 0.164 e. The van der Waals surface area contributed by atoms with Crippen LogP contribution in [0.5, 0.6) is 0 Å². The van der Waals surface area contributed by atoms with Gasteiger partial charge in [-0.3, -0.25) is 0 Å². The monoisotopic (exact) mass is 929 g/mol. The lowest BCUT2D eigenvalue weighted by Gasteiger charge is -2.12. The van der Waals surface area contributed by atoms with Gasteiger partial charge in [-0.1, -0.05) is 206 Å². The van der Waals surface area contributed by atoms with Crippen molar-refractivity contribution >= 4 is 54.3 Å². The van der Waals surface area contributed by atoms with E-state index in [2.05, 4.69) is 261 Å². The van der Waals surface area contributed by atoms with E-state index < -0.39 is 0 Å². The van der Waals surface area contributed by atoms with Gasteiger partial charge in [0.2, 0.25) is 0 Å². The molecule has 340 valence electrons. The fourth-order valence-electron chi connectivity index (χ4n) is 10.6. The molecule has 2 aromatic heterocycles. The van der Waals surface area contributed by atoms with Crippen molar-refractivity contribution in [1.82, 2.24) is 15.0 Å². The molecule has 0 radical (unpaired) electrons. The van der Waals surface area contributed by atoms with Gasteiger partial charge in [-0.15, -0.1) is 0 Å². The van der Waals surface area contributed by atoms with Crippen molar-refractivity contribution in [2.75, 3.05) is 0 Å². The first-order chi connectivity index (χ1) is 36.1. The lowest BCUT2D eigenvalue weighted by atomic mass is 9.92. The number of hydrogen-bond acceptors (Lipinski definition) is 4. The number of aromatic nitrogens is 3. The van der Waals surface area contributed by atoms with Gasteiger partial charge in [0, 0.05) is 27.5 Å². The third-order valence-corrected chi connectivity index (χ3v) is 14.3. The predicted molar refractivity (Wildman–Crippen MR) is 303 cm³/mol. The van der Waals surface area contributed by atoms with Gasteiger partial charge in [0.15, 0.2) is 17.5 Å². The zero-order chi connectivity index (χ0) is 48.2. The van der Waals surface area contributed by atoms with Crippen LogP contribution in [0.25, 0.3) is 144 Å². The van der Waals surface area contributed by atoms with E-state index in [9.17, 15) is 0 Å². The molecule has 12 aromatic carbocycles. The quantitative estimate of drug-likeness (QED) is 0.152. The van der Waals surface area contributed by atoms with Crippen molar-refractivity contribution in [3.8, 4) is 89.8 Å². The fraction of sp³-hybridized carbons (Fsp3) is 0. The van der Waals surface area contributed by atoms with Crippen LogP contribution in [0.1, 0.15) is 0 Å². The van der Waals surface area contributed by atoms with Crippen LogP contribution in [0, 0.1) is 0 Å². The molecule has 0 saturated carbocycles. The number of benzene rings is 12. The average Bonchev–Trinajstić information content (AvgIpc) is 3.85. The van der Waals surface area contributed by atoms with Crippen LogP contribution >= 0.6 is 0 Å². The normalized spacial score (nSPS) is 11.6. The second kappa shape index (κ2) is 17.6. The summed E-state index contributed by atoms with van der Waals surface area (Å²) < 4.78 is 6.60. The van der Waals surface area contributed by atoms with Gasteiger partial charge in [0.05, 0.1) is 0 Å². The summed E-state index contributed by atoms with van der Waals surface area (Å²) in [6, 6.07) is 92.7. The van der Waals surface area contributed by atoms with Crippen LogP contribution in [-0.4, -0.2) is 15.0 Å². The molecule has 14 aromatic rings. The van der Waals surface area contributed by atoms with Gasteiger partial charge in [-0.05, 0) is 143 Å². The van der Waals surface area contributed by atoms with E-state index in [1.165, 1.54) is 44.0 Å². The van der Waals surface area contributed by atoms with E-state index in [0.717, 1.165) is 82.6 Å². The van der Waals surface area contributed by atoms with Crippen LogP contribution in [-0.2, 0) is 0 Å². The van der Waals surface area contributed by atoms with Crippen LogP contribution in [0.2, 0.25) is 0 Å². The summed E-state index contributed by atoms with van der Waals surface area (Å²) >= 11 is 0. The maximum absolute atomic E-state index is 6.60. The molecule has 0 N–H and O–H groups in total. The standard InChI is InChI=1S/C69H43N3O/c1-3-13-44(14-4-1)57-40-58(45-15-5-2-6-16-45)42-59(41-57)52-35-36-64-63(43-52)66-62(23-12-24-65(66)73-64)53-32-25-47-27-34-55(39-56(47)38-53)69-71-67(70-68(72-69)54-33-26-46-17-7-8-19-51(46)37-54)50-30-28-49(29-31-50)61-22-11-20-48-18-9-10-21-60(48)61/h1-43H. The molecule has 0 amide bonds. The Morgan fingerprint density at radius 1 is 0.219 bits per heavy atom. The Balaban J connectivity index is 0.870. The summed E-state index contributed by atoms with van der Waals surface area (Å²) in [5.74, 6) is 1.85. The molecular weight excluding hydrogens is 887 g/mol. The number of rotatable bonds is 8. The van der Waals surface area contributed by atoms with Crippen molar-refractivity contribution in [3.63, 3.8) is 0 Å². The second-order valence-electron chi connectivity index (χ2n) is 18.8. The average molecular weight is 930 g/mol. The number of nitrogens with zero attached hydrogens (tertiary/aromatic N) is 3. The lowest BCUT2D eigenvalue weighted by molar-refractivity contribution is 0.669. The lowest BCUT2D eigenvalue weighted by Crippen LogP contribution is -2.00. The minimum absolute atomic E-state index is 0.612. The smallest absolute Gasteiger partial charge is 0.164 e. The highest BCUT2D eigenvalue weighted by Crippen LogP contribution is 2.41. The van der Waals surface area contributed by atoms with Crippen LogP contribution in [0.4, 0.5) is 0 Å². The number of hydrogen-bond donors (Lipinski definition) is 0. The van der Waals surface area contributed by atoms with Crippen molar-refractivity contribution in [2.24, 2.45) is 0 Å². The first-order valence-electron chi connectivity index (χ1n) is 24.7.